The molecule has 0 saturated carbocycles. The molecule has 0 atom stereocenters. The highest BCUT2D eigenvalue weighted by atomic mass is 35.5. The maximum Gasteiger partial charge on any atom is 0.266 e. The number of nitrogens with one attached hydrogen (secondary N) is 1. The van der Waals surface area contributed by atoms with Gasteiger partial charge in [-0.15, -0.1) is 0 Å². The van der Waals surface area contributed by atoms with Crippen LogP contribution in [0.5, 0.6) is 0 Å². The van der Waals surface area contributed by atoms with Crippen molar-refractivity contribution in [3.8, 4) is 0 Å². The summed E-state index contributed by atoms with van der Waals surface area (Å²) in [4.78, 5) is 26.6. The first-order valence-corrected chi connectivity index (χ1v) is 9.96. The van der Waals surface area contributed by atoms with Crippen LogP contribution in [0.3, 0.4) is 0 Å². The van der Waals surface area contributed by atoms with Crippen molar-refractivity contribution >= 4 is 75.1 Å². The largest absolute Gasteiger partial charge is 0.465 e. The predicted molar refractivity (Wildman–Crippen MR) is 113 cm³/mol. The van der Waals surface area contributed by atoms with Crippen LogP contribution in [0.15, 0.2) is 45.9 Å². The molecular formula is C18H14Cl2N2O3S2. The Hall–Kier alpha value is -1.80. The predicted octanol–water partition coefficient (Wildman–Crippen LogP) is 5.21. The normalized spacial score (nSPS) is 15.6. The number of nitrogens with zero attached hydrogens (tertiary/aromatic N) is 1. The molecule has 27 heavy (non-hydrogen) atoms. The van der Waals surface area contributed by atoms with E-state index in [1.807, 2.05) is 0 Å². The van der Waals surface area contributed by atoms with Gasteiger partial charge in [-0.3, -0.25) is 14.5 Å². The lowest BCUT2D eigenvalue weighted by atomic mass is 10.2. The topological polar surface area (TPSA) is 62.6 Å². The summed E-state index contributed by atoms with van der Waals surface area (Å²) in [5.41, 5.74) is 0.498. The average molecular weight is 441 g/mol. The van der Waals surface area contributed by atoms with Gasteiger partial charge in [0.15, 0.2) is 0 Å². The van der Waals surface area contributed by atoms with E-state index in [9.17, 15) is 9.59 Å². The zero-order valence-electron chi connectivity index (χ0n) is 13.9. The Morgan fingerprint density at radius 3 is 2.85 bits per heavy atom. The Balaban J connectivity index is 1.52. The number of thioether (sulfide) groups is 1. The number of furan rings is 1. The van der Waals surface area contributed by atoms with E-state index in [1.54, 1.807) is 36.4 Å². The van der Waals surface area contributed by atoms with Crippen LogP contribution < -0.4 is 5.32 Å². The first-order valence-electron chi connectivity index (χ1n) is 7.98. The van der Waals surface area contributed by atoms with Gasteiger partial charge in [0.05, 0.1) is 21.9 Å². The standard InChI is InChI=1S/C18H14Cl2N2O3S2/c19-11-5-6-14(13(20)9-11)21-16(23)4-1-7-22-17(24)15(27-18(22)26)10-12-3-2-8-25-12/h2-3,5-6,8-10H,1,4,7H2,(H,21,23)/b15-10-. The maximum absolute atomic E-state index is 12.5. The summed E-state index contributed by atoms with van der Waals surface area (Å²) in [5.74, 6) is 0.216. The molecule has 2 heterocycles. The molecule has 1 N–H and O–H groups in total. The van der Waals surface area contributed by atoms with Crippen molar-refractivity contribution in [3.05, 3.63) is 57.3 Å². The molecule has 9 heteroatoms. The lowest BCUT2D eigenvalue weighted by Crippen LogP contribution is -2.29. The van der Waals surface area contributed by atoms with Crippen LogP contribution in [-0.4, -0.2) is 27.6 Å². The number of amides is 2. The van der Waals surface area contributed by atoms with Gasteiger partial charge in [-0.25, -0.2) is 0 Å². The van der Waals surface area contributed by atoms with E-state index in [4.69, 9.17) is 39.8 Å². The monoisotopic (exact) mass is 440 g/mol. The Morgan fingerprint density at radius 2 is 2.15 bits per heavy atom. The molecule has 2 aromatic rings. The summed E-state index contributed by atoms with van der Waals surface area (Å²) in [6.45, 7) is 0.363. The van der Waals surface area contributed by atoms with Crippen LogP contribution in [0.1, 0.15) is 18.6 Å². The van der Waals surface area contributed by atoms with Crippen LogP contribution in [0.4, 0.5) is 5.69 Å². The molecule has 1 aromatic heterocycles. The van der Waals surface area contributed by atoms with Crippen molar-refractivity contribution in [2.75, 3.05) is 11.9 Å². The third-order valence-corrected chi connectivity index (χ3v) is 5.61. The zero-order chi connectivity index (χ0) is 19.4. The third kappa shape index (κ3) is 5.13. The number of carbonyl (C=O) groups is 2. The molecule has 0 bridgehead atoms. The minimum atomic E-state index is -0.198. The van der Waals surface area contributed by atoms with Gasteiger partial charge < -0.3 is 9.73 Å². The molecule has 1 aliphatic heterocycles. The Bertz CT molecular complexity index is 913. The van der Waals surface area contributed by atoms with Crippen LogP contribution in [0.2, 0.25) is 10.0 Å². The molecule has 0 aliphatic carbocycles. The molecule has 1 aromatic carbocycles. The number of rotatable bonds is 6. The van der Waals surface area contributed by atoms with Gasteiger partial charge in [0, 0.05) is 24.1 Å². The minimum Gasteiger partial charge on any atom is -0.465 e. The highest BCUT2D eigenvalue weighted by molar-refractivity contribution is 8.26. The van der Waals surface area contributed by atoms with Crippen LogP contribution in [0.25, 0.3) is 6.08 Å². The number of benzene rings is 1. The number of thiocarbonyl (C=S) groups is 1. The van der Waals surface area contributed by atoms with Gasteiger partial charge in [0.25, 0.3) is 5.91 Å². The van der Waals surface area contributed by atoms with E-state index in [0.717, 1.165) is 0 Å². The number of carbonyl (C=O) groups excluding carboxylic acids is 2. The van der Waals surface area contributed by atoms with Crippen molar-refractivity contribution in [2.45, 2.75) is 12.8 Å². The fourth-order valence-corrected chi connectivity index (χ4v) is 4.14. The highest BCUT2D eigenvalue weighted by Crippen LogP contribution is 2.32. The quantitative estimate of drug-likeness (QED) is 0.493. The SMILES string of the molecule is O=C(CCCN1C(=O)/C(=C/c2ccco2)SC1=S)Nc1ccc(Cl)cc1Cl. The molecule has 140 valence electrons. The molecule has 0 spiro atoms. The molecule has 3 rings (SSSR count). The van der Waals surface area contributed by atoms with Gasteiger partial charge in [0.1, 0.15) is 10.1 Å². The first-order chi connectivity index (χ1) is 12.9. The van der Waals surface area contributed by atoms with E-state index in [0.29, 0.717) is 43.7 Å². The second-order valence-corrected chi connectivity index (χ2v) is 8.14. The molecule has 5 nitrogen and oxygen atoms in total. The molecule has 1 saturated heterocycles. The van der Waals surface area contributed by atoms with Crippen LogP contribution in [0, 0.1) is 0 Å². The smallest absolute Gasteiger partial charge is 0.266 e. The second-order valence-electron chi connectivity index (χ2n) is 5.62. The summed E-state index contributed by atoms with van der Waals surface area (Å²) in [6.07, 6.45) is 3.90. The van der Waals surface area contributed by atoms with Crippen molar-refractivity contribution < 1.29 is 14.0 Å². The van der Waals surface area contributed by atoms with Gasteiger partial charge in [-0.05, 0) is 36.8 Å². The number of hydrogen-bond donors (Lipinski definition) is 1. The summed E-state index contributed by atoms with van der Waals surface area (Å²) in [5, 5.41) is 3.60. The van der Waals surface area contributed by atoms with Gasteiger partial charge in [0.2, 0.25) is 5.91 Å². The minimum absolute atomic E-state index is 0.178. The molecule has 1 fully saturated rings. The van der Waals surface area contributed by atoms with E-state index < -0.39 is 0 Å². The molecule has 2 amide bonds. The van der Waals surface area contributed by atoms with Gasteiger partial charge in [-0.1, -0.05) is 47.2 Å². The maximum atomic E-state index is 12.5. The molecule has 0 radical (unpaired) electrons. The second kappa shape index (κ2) is 8.93. The van der Waals surface area contributed by atoms with Gasteiger partial charge in [-0.2, -0.15) is 0 Å². The van der Waals surface area contributed by atoms with Crippen molar-refractivity contribution in [3.63, 3.8) is 0 Å². The van der Waals surface area contributed by atoms with E-state index in [2.05, 4.69) is 5.32 Å². The summed E-state index contributed by atoms with van der Waals surface area (Å²) in [6, 6.07) is 8.36. The Kier molecular flexibility index (Phi) is 6.59. The Labute approximate surface area is 175 Å². The van der Waals surface area contributed by atoms with Crippen molar-refractivity contribution in [1.82, 2.24) is 4.90 Å². The van der Waals surface area contributed by atoms with E-state index in [1.165, 1.54) is 22.9 Å². The summed E-state index contributed by atoms with van der Waals surface area (Å²) >= 11 is 18.4. The van der Waals surface area contributed by atoms with E-state index in [-0.39, 0.29) is 18.2 Å². The summed E-state index contributed by atoms with van der Waals surface area (Å²) < 4.78 is 5.70. The lowest BCUT2D eigenvalue weighted by Gasteiger charge is -2.14. The van der Waals surface area contributed by atoms with Crippen LogP contribution >= 0.6 is 47.2 Å². The summed E-state index contributed by atoms with van der Waals surface area (Å²) in [7, 11) is 0. The van der Waals surface area contributed by atoms with Crippen LogP contribution in [-0.2, 0) is 9.59 Å². The molecule has 1 aliphatic rings. The molecular weight excluding hydrogens is 427 g/mol. The fraction of sp³-hybridized carbons (Fsp3) is 0.167. The van der Waals surface area contributed by atoms with Crippen molar-refractivity contribution in [1.29, 1.82) is 0 Å². The number of halogens is 2. The zero-order valence-corrected chi connectivity index (χ0v) is 17.1. The molecule has 0 unspecified atom stereocenters. The fourth-order valence-electron chi connectivity index (χ4n) is 2.40. The first kappa shape index (κ1) is 19.9. The number of anilines is 1. The number of hydrogen-bond acceptors (Lipinski definition) is 5. The average Bonchev–Trinajstić information content (AvgIpc) is 3.21. The highest BCUT2D eigenvalue weighted by Gasteiger charge is 2.31. The van der Waals surface area contributed by atoms with Gasteiger partial charge >= 0.3 is 0 Å². The van der Waals surface area contributed by atoms with E-state index >= 15 is 0 Å². The third-order valence-electron chi connectivity index (χ3n) is 3.68. The Morgan fingerprint density at radius 1 is 1.33 bits per heavy atom. The van der Waals surface area contributed by atoms with Crippen molar-refractivity contribution in [2.24, 2.45) is 0 Å². The lowest BCUT2D eigenvalue weighted by molar-refractivity contribution is -0.122.